The number of primary amides is 1. The number of nitrogens with two attached hydrogens (primary N) is 2. The number of anilines is 1. The van der Waals surface area contributed by atoms with E-state index in [-0.39, 0.29) is 22.7 Å². The molecule has 1 amide bonds. The lowest BCUT2D eigenvalue weighted by Crippen LogP contribution is -2.41. The minimum atomic E-state index is -0.905. The number of halogens is 2. The Labute approximate surface area is 161 Å². The lowest BCUT2D eigenvalue weighted by atomic mass is 9.77. The predicted molar refractivity (Wildman–Crippen MR) is 102 cm³/mol. The Balaban J connectivity index is 2.09. The average molecular weight is 390 g/mol. The van der Waals surface area contributed by atoms with Gasteiger partial charge in [-0.1, -0.05) is 0 Å². The summed E-state index contributed by atoms with van der Waals surface area (Å²) < 4.78 is 44.9. The Kier molecular flexibility index (Phi) is 4.85. The molecule has 1 saturated heterocycles. The third-order valence-electron chi connectivity index (χ3n) is 5.07. The number of ether oxygens (including phenoxy) is 1. The first-order chi connectivity index (χ1) is 12.9. The predicted octanol–water partition coefficient (Wildman–Crippen LogP) is 2.74. The molecule has 148 valence electrons. The van der Waals surface area contributed by atoms with Crippen LogP contribution in [0.2, 0.25) is 0 Å². The van der Waals surface area contributed by atoms with E-state index in [1.165, 1.54) is 12.1 Å². The Morgan fingerprint density at radius 3 is 2.18 bits per heavy atom. The maximum atomic E-state index is 14.1. The van der Waals surface area contributed by atoms with Gasteiger partial charge in [0.05, 0.1) is 16.8 Å². The van der Waals surface area contributed by atoms with Crippen molar-refractivity contribution in [3.63, 3.8) is 0 Å². The van der Waals surface area contributed by atoms with Crippen LogP contribution in [-0.2, 0) is 9.31 Å². The zero-order valence-corrected chi connectivity index (χ0v) is 16.0. The molecule has 0 aromatic heterocycles. The van der Waals surface area contributed by atoms with Gasteiger partial charge in [-0.05, 0) is 52.0 Å². The zero-order valence-electron chi connectivity index (χ0n) is 16.0. The number of hydrogen-bond donors (Lipinski definition) is 2. The van der Waals surface area contributed by atoms with Crippen LogP contribution in [0.25, 0.3) is 0 Å². The minimum Gasteiger partial charge on any atom is -0.455 e. The lowest BCUT2D eigenvalue weighted by molar-refractivity contribution is 0.00578. The van der Waals surface area contributed by atoms with Gasteiger partial charge in [-0.25, -0.2) is 8.78 Å². The van der Waals surface area contributed by atoms with E-state index in [1.807, 2.05) is 27.7 Å². The molecule has 0 atom stereocenters. The number of benzene rings is 2. The van der Waals surface area contributed by atoms with Gasteiger partial charge in [0.15, 0.2) is 11.6 Å². The van der Waals surface area contributed by atoms with Gasteiger partial charge >= 0.3 is 7.12 Å². The molecule has 3 rings (SSSR count). The van der Waals surface area contributed by atoms with Gasteiger partial charge in [-0.15, -0.1) is 0 Å². The highest BCUT2D eigenvalue weighted by Gasteiger charge is 2.52. The summed E-state index contributed by atoms with van der Waals surface area (Å²) in [4.78, 5) is 11.7. The summed E-state index contributed by atoms with van der Waals surface area (Å²) in [6, 6.07) is 5.62. The molecule has 2 aromatic rings. The van der Waals surface area contributed by atoms with Gasteiger partial charge in [0, 0.05) is 17.2 Å². The topological polar surface area (TPSA) is 96.8 Å². The van der Waals surface area contributed by atoms with E-state index in [1.54, 1.807) is 0 Å². The molecule has 6 nitrogen and oxygen atoms in total. The van der Waals surface area contributed by atoms with Crippen molar-refractivity contribution in [2.45, 2.75) is 38.9 Å². The molecule has 0 radical (unpaired) electrons. The van der Waals surface area contributed by atoms with Gasteiger partial charge in [-0.3, -0.25) is 4.79 Å². The number of nitrogen functional groups attached to an aromatic ring is 1. The first-order valence-corrected chi connectivity index (χ1v) is 8.63. The Hall–Kier alpha value is -2.65. The van der Waals surface area contributed by atoms with Crippen molar-refractivity contribution in [1.82, 2.24) is 0 Å². The number of carbonyl (C=O) groups is 1. The van der Waals surface area contributed by atoms with E-state index < -0.39 is 35.9 Å². The summed E-state index contributed by atoms with van der Waals surface area (Å²) in [6.07, 6.45) is 0. The molecule has 1 aliphatic rings. The first kappa shape index (κ1) is 20.1. The Morgan fingerprint density at radius 1 is 1.04 bits per heavy atom. The summed E-state index contributed by atoms with van der Waals surface area (Å²) in [5.41, 5.74) is 10.5. The SMILES string of the molecule is CC1(C)OB(c2cc(N)c(C(N)=O)cc2Oc2ccc(F)cc2F)OC1(C)C. The molecule has 0 aliphatic carbocycles. The molecule has 0 saturated carbocycles. The van der Waals surface area contributed by atoms with Crippen LogP contribution in [0.1, 0.15) is 38.1 Å². The molecular weight excluding hydrogens is 369 g/mol. The molecule has 0 spiro atoms. The third kappa shape index (κ3) is 3.55. The highest BCUT2D eigenvalue weighted by molar-refractivity contribution is 6.63. The molecular formula is C19H21BF2N2O4. The van der Waals surface area contributed by atoms with Crippen molar-refractivity contribution >= 4 is 24.2 Å². The van der Waals surface area contributed by atoms with Crippen LogP contribution in [-0.4, -0.2) is 24.2 Å². The molecule has 9 heteroatoms. The minimum absolute atomic E-state index is 0.00205. The summed E-state index contributed by atoms with van der Waals surface area (Å²) in [7, 11) is -0.882. The maximum Gasteiger partial charge on any atom is 0.498 e. The van der Waals surface area contributed by atoms with Crippen LogP contribution in [0.3, 0.4) is 0 Å². The fourth-order valence-electron chi connectivity index (χ4n) is 2.75. The molecule has 28 heavy (non-hydrogen) atoms. The van der Waals surface area contributed by atoms with Crippen molar-refractivity contribution in [1.29, 1.82) is 0 Å². The van der Waals surface area contributed by atoms with Gasteiger partial charge in [-0.2, -0.15) is 0 Å². The van der Waals surface area contributed by atoms with Crippen LogP contribution in [0.4, 0.5) is 14.5 Å². The van der Waals surface area contributed by atoms with Crippen LogP contribution in [0, 0.1) is 11.6 Å². The van der Waals surface area contributed by atoms with Gasteiger partial charge in [0.2, 0.25) is 0 Å². The monoisotopic (exact) mass is 390 g/mol. The zero-order chi connectivity index (χ0) is 20.9. The third-order valence-corrected chi connectivity index (χ3v) is 5.07. The van der Waals surface area contributed by atoms with Crippen LogP contribution < -0.4 is 21.7 Å². The highest BCUT2D eigenvalue weighted by atomic mass is 19.1. The van der Waals surface area contributed by atoms with Crippen molar-refractivity contribution < 1.29 is 27.6 Å². The fraction of sp³-hybridized carbons (Fsp3) is 0.316. The van der Waals surface area contributed by atoms with Crippen LogP contribution in [0.5, 0.6) is 11.5 Å². The van der Waals surface area contributed by atoms with E-state index in [0.717, 1.165) is 12.1 Å². The summed E-state index contributed by atoms with van der Waals surface area (Å²) in [5.74, 6) is -2.60. The molecule has 1 fully saturated rings. The van der Waals surface area contributed by atoms with Crippen LogP contribution in [0.15, 0.2) is 30.3 Å². The summed E-state index contributed by atoms with van der Waals surface area (Å²) in [6.45, 7) is 7.48. The highest BCUT2D eigenvalue weighted by Crippen LogP contribution is 2.38. The molecule has 1 heterocycles. The van der Waals surface area contributed by atoms with E-state index >= 15 is 0 Å². The normalized spacial score (nSPS) is 17.6. The standard InChI is InChI=1S/C19H21BF2N2O4/c1-18(2)19(3,4)28-20(27-18)12-9-14(23)11(17(24)25)8-16(12)26-15-6-5-10(21)7-13(15)22/h5-9H,23H2,1-4H3,(H2,24,25). The molecule has 4 N–H and O–H groups in total. The van der Waals surface area contributed by atoms with Crippen molar-refractivity contribution in [3.05, 3.63) is 47.5 Å². The molecule has 0 bridgehead atoms. The molecule has 0 unspecified atom stereocenters. The second kappa shape index (κ2) is 6.75. The van der Waals surface area contributed by atoms with Gasteiger partial charge in [0.1, 0.15) is 11.6 Å². The van der Waals surface area contributed by atoms with Crippen molar-refractivity contribution in [2.75, 3.05) is 5.73 Å². The van der Waals surface area contributed by atoms with Crippen molar-refractivity contribution in [3.8, 4) is 11.5 Å². The number of carbonyl (C=O) groups excluding carboxylic acids is 1. The van der Waals surface area contributed by atoms with E-state index in [0.29, 0.717) is 11.5 Å². The lowest BCUT2D eigenvalue weighted by Gasteiger charge is -2.32. The summed E-state index contributed by atoms with van der Waals surface area (Å²) in [5, 5.41) is 0. The Bertz CT molecular complexity index is 934. The van der Waals surface area contributed by atoms with E-state index in [4.69, 9.17) is 25.5 Å². The maximum absolute atomic E-state index is 14.1. The fourth-order valence-corrected chi connectivity index (χ4v) is 2.75. The first-order valence-electron chi connectivity index (χ1n) is 8.63. The van der Waals surface area contributed by atoms with E-state index in [9.17, 15) is 13.6 Å². The Morgan fingerprint density at radius 2 is 1.64 bits per heavy atom. The second-order valence-corrected chi connectivity index (χ2v) is 7.61. The number of amides is 1. The van der Waals surface area contributed by atoms with Gasteiger partial charge < -0.3 is 25.5 Å². The number of rotatable bonds is 4. The quantitative estimate of drug-likeness (QED) is 0.618. The second-order valence-electron chi connectivity index (χ2n) is 7.61. The van der Waals surface area contributed by atoms with Gasteiger partial charge in [0.25, 0.3) is 5.91 Å². The van der Waals surface area contributed by atoms with Crippen LogP contribution >= 0.6 is 0 Å². The molecule has 1 aliphatic heterocycles. The van der Waals surface area contributed by atoms with E-state index in [2.05, 4.69) is 0 Å². The largest absolute Gasteiger partial charge is 0.498 e. The molecule has 2 aromatic carbocycles. The van der Waals surface area contributed by atoms with Crippen molar-refractivity contribution in [2.24, 2.45) is 5.73 Å². The smallest absolute Gasteiger partial charge is 0.455 e. The summed E-state index contributed by atoms with van der Waals surface area (Å²) >= 11 is 0. The number of hydrogen-bond acceptors (Lipinski definition) is 5. The average Bonchev–Trinajstić information content (AvgIpc) is 2.78.